The summed E-state index contributed by atoms with van der Waals surface area (Å²) in [5.41, 5.74) is 2.50. The van der Waals surface area contributed by atoms with E-state index in [-0.39, 0.29) is 30.2 Å². The number of hydrogen-bond donors (Lipinski definition) is 1. The summed E-state index contributed by atoms with van der Waals surface area (Å²) in [5.74, 6) is 0.0349. The average molecular weight is 452 g/mol. The SMILES string of the molecule is CCCCN1C(=O)CC(C(=O)Nc2cccc(CN(C)C(C)=O)c2)C1c1ccc(OC)cc1. The predicted octanol–water partition coefficient (Wildman–Crippen LogP) is 4.00. The topological polar surface area (TPSA) is 79.0 Å². The van der Waals surface area contributed by atoms with Crippen LogP contribution in [0.3, 0.4) is 0 Å². The molecule has 7 nitrogen and oxygen atoms in total. The number of nitrogens with zero attached hydrogens (tertiary/aromatic N) is 2. The van der Waals surface area contributed by atoms with Gasteiger partial charge in [-0.2, -0.15) is 0 Å². The number of likely N-dealkylation sites (tertiary alicyclic amines) is 1. The third-order valence-corrected chi connectivity index (χ3v) is 6.13. The Morgan fingerprint density at radius 1 is 1.18 bits per heavy atom. The van der Waals surface area contributed by atoms with Crippen molar-refractivity contribution >= 4 is 23.4 Å². The zero-order chi connectivity index (χ0) is 24.0. The van der Waals surface area contributed by atoms with E-state index in [1.807, 2.05) is 53.4 Å². The van der Waals surface area contributed by atoms with Crippen molar-refractivity contribution < 1.29 is 19.1 Å². The standard InChI is InChI=1S/C26H33N3O4/c1-5-6-14-29-24(31)16-23(25(29)20-10-12-22(33-4)13-11-20)26(32)27-21-9-7-8-19(15-21)17-28(3)18(2)30/h7-13,15,23,25H,5-6,14,16-17H2,1-4H3,(H,27,32). The molecule has 1 fully saturated rings. The minimum absolute atomic E-state index is 0.00116. The maximum atomic E-state index is 13.3. The van der Waals surface area contributed by atoms with Crippen molar-refractivity contribution in [3.63, 3.8) is 0 Å². The van der Waals surface area contributed by atoms with Gasteiger partial charge in [0.05, 0.1) is 19.1 Å². The molecule has 0 aromatic heterocycles. The number of anilines is 1. The highest BCUT2D eigenvalue weighted by Gasteiger charge is 2.44. The molecule has 0 bridgehead atoms. The quantitative estimate of drug-likeness (QED) is 0.625. The van der Waals surface area contributed by atoms with Crippen LogP contribution in [-0.2, 0) is 20.9 Å². The fraction of sp³-hybridized carbons (Fsp3) is 0.423. The van der Waals surface area contributed by atoms with Gasteiger partial charge in [-0.3, -0.25) is 14.4 Å². The number of carbonyl (C=O) groups excluding carboxylic acids is 3. The molecule has 2 aromatic rings. The van der Waals surface area contributed by atoms with E-state index in [9.17, 15) is 14.4 Å². The number of unbranched alkanes of at least 4 members (excludes halogenated alkanes) is 1. The second-order valence-corrected chi connectivity index (χ2v) is 8.53. The molecule has 176 valence electrons. The average Bonchev–Trinajstić information content (AvgIpc) is 3.14. The lowest BCUT2D eigenvalue weighted by Gasteiger charge is -2.28. The number of rotatable bonds is 9. The van der Waals surface area contributed by atoms with Gasteiger partial charge >= 0.3 is 0 Å². The molecule has 3 amide bonds. The minimum Gasteiger partial charge on any atom is -0.497 e. The van der Waals surface area contributed by atoms with Gasteiger partial charge in [0, 0.05) is 39.2 Å². The van der Waals surface area contributed by atoms with Crippen molar-refractivity contribution in [1.82, 2.24) is 9.80 Å². The Bertz CT molecular complexity index is 989. The van der Waals surface area contributed by atoms with Crippen molar-refractivity contribution in [2.75, 3.05) is 26.0 Å². The van der Waals surface area contributed by atoms with Gasteiger partial charge in [0.1, 0.15) is 5.75 Å². The van der Waals surface area contributed by atoms with Crippen LogP contribution in [0.2, 0.25) is 0 Å². The summed E-state index contributed by atoms with van der Waals surface area (Å²) in [6.45, 7) is 4.69. The fourth-order valence-corrected chi connectivity index (χ4v) is 4.20. The first-order valence-corrected chi connectivity index (χ1v) is 11.4. The van der Waals surface area contributed by atoms with E-state index in [2.05, 4.69) is 12.2 Å². The zero-order valence-electron chi connectivity index (χ0n) is 19.8. The number of ether oxygens (including phenoxy) is 1. The second kappa shape index (κ2) is 11.0. The van der Waals surface area contributed by atoms with Crippen molar-refractivity contribution in [2.24, 2.45) is 5.92 Å². The van der Waals surface area contributed by atoms with E-state index in [1.165, 1.54) is 6.92 Å². The van der Waals surface area contributed by atoms with E-state index in [1.54, 1.807) is 19.1 Å². The molecular formula is C26H33N3O4. The zero-order valence-corrected chi connectivity index (χ0v) is 19.8. The van der Waals surface area contributed by atoms with Gasteiger partial charge in [0.15, 0.2) is 0 Å². The summed E-state index contributed by atoms with van der Waals surface area (Å²) in [7, 11) is 3.35. The summed E-state index contributed by atoms with van der Waals surface area (Å²) in [4.78, 5) is 41.2. The van der Waals surface area contributed by atoms with Gasteiger partial charge in [-0.15, -0.1) is 0 Å². The van der Waals surface area contributed by atoms with Crippen molar-refractivity contribution in [1.29, 1.82) is 0 Å². The van der Waals surface area contributed by atoms with Crippen LogP contribution in [0.15, 0.2) is 48.5 Å². The summed E-state index contributed by atoms with van der Waals surface area (Å²) >= 11 is 0. The lowest BCUT2D eigenvalue weighted by atomic mass is 9.92. The molecule has 1 aliphatic heterocycles. The molecule has 0 radical (unpaired) electrons. The number of hydrogen-bond acceptors (Lipinski definition) is 4. The first-order chi connectivity index (χ1) is 15.8. The van der Waals surface area contributed by atoms with Crippen LogP contribution in [0.4, 0.5) is 5.69 Å². The molecule has 1 heterocycles. The molecule has 3 rings (SSSR count). The maximum absolute atomic E-state index is 13.3. The van der Waals surface area contributed by atoms with Gasteiger partial charge in [0.2, 0.25) is 17.7 Å². The van der Waals surface area contributed by atoms with Gasteiger partial charge < -0.3 is 19.9 Å². The molecule has 0 spiro atoms. The molecule has 1 saturated heterocycles. The lowest BCUT2D eigenvalue weighted by molar-refractivity contribution is -0.129. The minimum atomic E-state index is -0.494. The van der Waals surface area contributed by atoms with Crippen LogP contribution in [0.25, 0.3) is 0 Å². The van der Waals surface area contributed by atoms with E-state index >= 15 is 0 Å². The Kier molecular flexibility index (Phi) is 8.09. The Hall–Kier alpha value is -3.35. The molecule has 7 heteroatoms. The number of carbonyl (C=O) groups is 3. The van der Waals surface area contributed by atoms with Gasteiger partial charge in [-0.05, 0) is 41.8 Å². The summed E-state index contributed by atoms with van der Waals surface area (Å²) in [6, 6.07) is 14.7. The van der Waals surface area contributed by atoms with Crippen LogP contribution in [-0.4, -0.2) is 48.2 Å². The van der Waals surface area contributed by atoms with E-state index in [4.69, 9.17) is 4.74 Å². The summed E-state index contributed by atoms with van der Waals surface area (Å²) in [5, 5.41) is 3.00. The van der Waals surface area contributed by atoms with Gasteiger partial charge in [-0.1, -0.05) is 37.6 Å². The summed E-state index contributed by atoms with van der Waals surface area (Å²) < 4.78 is 5.27. The highest BCUT2D eigenvalue weighted by Crippen LogP contribution is 2.39. The van der Waals surface area contributed by atoms with Crippen LogP contribution in [0.5, 0.6) is 5.75 Å². The molecular weight excluding hydrogens is 418 g/mol. The van der Waals surface area contributed by atoms with Crippen LogP contribution in [0.1, 0.15) is 50.3 Å². The third-order valence-electron chi connectivity index (χ3n) is 6.13. The lowest BCUT2D eigenvalue weighted by Crippen LogP contribution is -2.33. The van der Waals surface area contributed by atoms with E-state index < -0.39 is 5.92 Å². The molecule has 1 N–H and O–H groups in total. The highest BCUT2D eigenvalue weighted by molar-refractivity contribution is 5.98. The number of benzene rings is 2. The molecule has 2 aromatic carbocycles. The Morgan fingerprint density at radius 2 is 1.91 bits per heavy atom. The van der Waals surface area contributed by atoms with Crippen LogP contribution >= 0.6 is 0 Å². The first kappa shape index (κ1) is 24.3. The molecule has 2 unspecified atom stereocenters. The molecule has 33 heavy (non-hydrogen) atoms. The number of methoxy groups -OCH3 is 1. The number of nitrogens with one attached hydrogen (secondary N) is 1. The van der Waals surface area contributed by atoms with Gasteiger partial charge in [-0.25, -0.2) is 0 Å². The van der Waals surface area contributed by atoms with Crippen molar-refractivity contribution in [3.8, 4) is 5.75 Å². The maximum Gasteiger partial charge on any atom is 0.230 e. The molecule has 0 saturated carbocycles. The van der Waals surface area contributed by atoms with Crippen molar-refractivity contribution in [3.05, 3.63) is 59.7 Å². The van der Waals surface area contributed by atoms with Crippen LogP contribution in [0, 0.1) is 5.92 Å². The van der Waals surface area contributed by atoms with Crippen LogP contribution < -0.4 is 10.1 Å². The number of amides is 3. The summed E-state index contributed by atoms with van der Waals surface area (Å²) in [6.07, 6.45) is 2.04. The largest absolute Gasteiger partial charge is 0.497 e. The van der Waals surface area contributed by atoms with Crippen molar-refractivity contribution in [2.45, 2.75) is 45.7 Å². The van der Waals surface area contributed by atoms with Gasteiger partial charge in [0.25, 0.3) is 0 Å². The molecule has 1 aliphatic rings. The fourth-order valence-electron chi connectivity index (χ4n) is 4.20. The predicted molar refractivity (Wildman–Crippen MR) is 128 cm³/mol. The third kappa shape index (κ3) is 5.92. The Balaban J connectivity index is 1.82. The Morgan fingerprint density at radius 3 is 2.55 bits per heavy atom. The van der Waals surface area contributed by atoms with E-state index in [0.29, 0.717) is 18.8 Å². The smallest absolute Gasteiger partial charge is 0.230 e. The highest BCUT2D eigenvalue weighted by atomic mass is 16.5. The normalized spacial score (nSPS) is 17.7. The second-order valence-electron chi connectivity index (χ2n) is 8.53. The first-order valence-electron chi connectivity index (χ1n) is 11.4. The molecule has 0 aliphatic carbocycles. The molecule has 2 atom stereocenters. The monoisotopic (exact) mass is 451 g/mol. The Labute approximate surface area is 195 Å². The van der Waals surface area contributed by atoms with E-state index in [0.717, 1.165) is 29.7 Å².